The second-order valence-corrected chi connectivity index (χ2v) is 11.5. The van der Waals surface area contributed by atoms with Crippen LogP contribution in [-0.2, 0) is 15.7 Å². The normalized spacial score (nSPS) is 21.6. The first-order valence-electron chi connectivity index (χ1n) is 15.8. The zero-order valence-corrected chi connectivity index (χ0v) is 26.3. The average Bonchev–Trinajstić information content (AvgIpc) is 3.61. The summed E-state index contributed by atoms with van der Waals surface area (Å²) in [6.07, 6.45) is -1.25. The molecule has 2 aliphatic heterocycles. The summed E-state index contributed by atoms with van der Waals surface area (Å²) in [5.41, 5.74) is -0.305. The predicted molar refractivity (Wildman–Crippen MR) is 164 cm³/mol. The Labute approximate surface area is 270 Å². The minimum Gasteiger partial charge on any atom is -0.393 e. The molecule has 1 atom stereocenters. The minimum atomic E-state index is -4.50. The summed E-state index contributed by atoms with van der Waals surface area (Å²) in [5, 5.41) is 14.9. The van der Waals surface area contributed by atoms with Crippen molar-refractivity contribution in [1.29, 1.82) is 0 Å². The van der Waals surface area contributed by atoms with Crippen LogP contribution in [0.25, 0.3) is 0 Å². The number of aliphatic hydroxyl groups is 1. The van der Waals surface area contributed by atoms with Crippen LogP contribution in [0.2, 0.25) is 0 Å². The van der Waals surface area contributed by atoms with E-state index in [1.807, 2.05) is 0 Å². The van der Waals surface area contributed by atoms with Gasteiger partial charge < -0.3 is 30.3 Å². The number of alkyl halides is 6. The first-order chi connectivity index (χ1) is 22.3. The van der Waals surface area contributed by atoms with Crippen LogP contribution in [0, 0.1) is 0 Å². The fraction of sp³-hybridized carbons (Fsp3) is 0.594. The third-order valence-electron chi connectivity index (χ3n) is 7.94. The van der Waals surface area contributed by atoms with Crippen molar-refractivity contribution in [2.24, 2.45) is 0 Å². The van der Waals surface area contributed by atoms with E-state index in [2.05, 4.69) is 22.5 Å². The molecule has 262 valence electrons. The van der Waals surface area contributed by atoms with Crippen molar-refractivity contribution in [3.63, 3.8) is 0 Å². The zero-order chi connectivity index (χ0) is 34.5. The molecule has 3 fully saturated rings. The highest BCUT2D eigenvalue weighted by atomic mass is 19.4. The van der Waals surface area contributed by atoms with Crippen LogP contribution < -0.4 is 15.5 Å². The van der Waals surface area contributed by atoms with E-state index in [1.54, 1.807) is 34.3 Å². The Morgan fingerprint density at radius 3 is 2.30 bits per heavy atom. The van der Waals surface area contributed by atoms with Crippen LogP contribution in [0.5, 0.6) is 0 Å². The van der Waals surface area contributed by atoms with Crippen LogP contribution in [0.3, 0.4) is 0 Å². The number of likely N-dealkylation sites (tertiary alicyclic amines) is 1. The van der Waals surface area contributed by atoms with E-state index in [9.17, 15) is 35.9 Å². The van der Waals surface area contributed by atoms with Crippen LogP contribution in [0.15, 0.2) is 48.8 Å². The van der Waals surface area contributed by atoms with Crippen molar-refractivity contribution in [2.75, 3.05) is 50.8 Å². The number of carbonyl (C=O) groups excluding carboxylic acids is 2. The highest BCUT2D eigenvalue weighted by molar-refractivity contribution is 5.96. The Hall–Kier alpha value is -3.43. The van der Waals surface area contributed by atoms with Gasteiger partial charge in [-0.3, -0.25) is 14.6 Å². The number of rotatable bonds is 6. The number of aliphatic hydroxyl groups excluding tert-OH is 1. The van der Waals surface area contributed by atoms with E-state index in [0.717, 1.165) is 57.2 Å². The number of nitrogens with one attached hydrogen (secondary N) is 2. The molecule has 2 saturated heterocycles. The predicted octanol–water partition coefficient (Wildman–Crippen LogP) is 4.81. The Bertz CT molecular complexity index is 1240. The minimum absolute atomic E-state index is 0.0186. The zero-order valence-electron chi connectivity index (χ0n) is 26.3. The fourth-order valence-corrected chi connectivity index (χ4v) is 5.36. The van der Waals surface area contributed by atoms with Gasteiger partial charge in [0.1, 0.15) is 0 Å². The maximum atomic E-state index is 12.6. The lowest BCUT2D eigenvalue weighted by Crippen LogP contribution is -2.49. The van der Waals surface area contributed by atoms with Crippen molar-refractivity contribution < 1.29 is 45.8 Å². The Kier molecular flexibility index (Phi) is 14.7. The molecule has 1 saturated carbocycles. The first-order valence-corrected chi connectivity index (χ1v) is 15.8. The number of nitrogens with zero attached hydrogens (tertiary/aromatic N) is 3. The van der Waals surface area contributed by atoms with Crippen LogP contribution in [-0.4, -0.2) is 97.1 Å². The van der Waals surface area contributed by atoms with Gasteiger partial charge in [-0.05, 0) is 75.4 Å². The summed E-state index contributed by atoms with van der Waals surface area (Å²) in [6.45, 7) is 4.68. The number of hydrogen-bond acceptors (Lipinski definition) is 7. The maximum absolute atomic E-state index is 12.6. The number of aromatic nitrogens is 1. The van der Waals surface area contributed by atoms with Crippen molar-refractivity contribution in [3.05, 3.63) is 59.9 Å². The summed E-state index contributed by atoms with van der Waals surface area (Å²) < 4.78 is 79.8. The molecule has 5 rings (SSSR count). The molecule has 0 radical (unpaired) electrons. The molecule has 15 heteroatoms. The fourth-order valence-electron chi connectivity index (χ4n) is 5.36. The van der Waals surface area contributed by atoms with E-state index in [0.29, 0.717) is 31.4 Å². The van der Waals surface area contributed by atoms with Gasteiger partial charge >= 0.3 is 12.4 Å². The Morgan fingerprint density at radius 1 is 1.00 bits per heavy atom. The molecule has 1 aliphatic carbocycles. The van der Waals surface area contributed by atoms with Gasteiger partial charge in [-0.15, -0.1) is 0 Å². The van der Waals surface area contributed by atoms with Gasteiger partial charge in [-0.25, -0.2) is 0 Å². The number of anilines is 1. The van der Waals surface area contributed by atoms with Gasteiger partial charge in [0.2, 0.25) is 5.91 Å². The van der Waals surface area contributed by atoms with Gasteiger partial charge in [-0.1, -0.05) is 13.0 Å². The van der Waals surface area contributed by atoms with Crippen LogP contribution in [0.1, 0.15) is 61.4 Å². The highest BCUT2D eigenvalue weighted by Crippen LogP contribution is 2.30. The van der Waals surface area contributed by atoms with Gasteiger partial charge in [0.05, 0.1) is 43.2 Å². The molecular formula is C32H43F6N5O4. The second-order valence-electron chi connectivity index (χ2n) is 11.5. The number of amides is 2. The Morgan fingerprint density at radius 2 is 1.70 bits per heavy atom. The summed E-state index contributed by atoms with van der Waals surface area (Å²) in [7, 11) is 0. The van der Waals surface area contributed by atoms with E-state index in [-0.39, 0.29) is 37.3 Å². The molecule has 3 heterocycles. The number of halogens is 6. The number of benzene rings is 1. The third kappa shape index (κ3) is 12.9. The standard InChI is InChI=1S/C14H15F3N2O2.C10H11F3N2O.C8H17NO/c15-14(16,17)11-5-3-4-10(8-11)13(21)18-9-12(20)19-6-1-2-7-19;11-10(12,13)9-7-15(4-5-16-9)8-2-1-3-14-6-8;1-2-9-7-3-5-8(10)6-4-7/h3-5,8H,1-2,6-7,9H2,(H,18,21);1-3,6,9H,4-5,7H2;7-10H,2-6H2,1H3. The van der Waals surface area contributed by atoms with Crippen molar-refractivity contribution in [1.82, 2.24) is 20.5 Å². The smallest absolute Gasteiger partial charge is 0.393 e. The highest BCUT2D eigenvalue weighted by Gasteiger charge is 2.43. The molecule has 1 aromatic carbocycles. The molecule has 0 bridgehead atoms. The summed E-state index contributed by atoms with van der Waals surface area (Å²) >= 11 is 0. The number of hydrogen-bond donors (Lipinski definition) is 3. The summed E-state index contributed by atoms with van der Waals surface area (Å²) in [5.74, 6) is -0.901. The maximum Gasteiger partial charge on any atom is 0.416 e. The molecule has 2 aromatic rings. The van der Waals surface area contributed by atoms with Crippen molar-refractivity contribution in [3.8, 4) is 0 Å². The lowest BCUT2D eigenvalue weighted by Gasteiger charge is -2.34. The van der Waals surface area contributed by atoms with Gasteiger partial charge in [0.25, 0.3) is 5.91 Å². The number of pyridine rings is 1. The van der Waals surface area contributed by atoms with Crippen LogP contribution in [0.4, 0.5) is 32.0 Å². The lowest BCUT2D eigenvalue weighted by molar-refractivity contribution is -0.221. The molecule has 9 nitrogen and oxygen atoms in total. The largest absolute Gasteiger partial charge is 0.416 e. The van der Waals surface area contributed by atoms with Gasteiger partial charge in [-0.2, -0.15) is 26.3 Å². The SMILES string of the molecule is CCNC1CCC(O)CC1.FC(F)(F)C1CN(c2cccnc2)CCO1.O=C(NCC(=O)N1CCCC1)c1cccc(C(F)(F)F)c1. The van der Waals surface area contributed by atoms with E-state index < -0.39 is 29.9 Å². The van der Waals surface area contributed by atoms with E-state index in [1.165, 1.54) is 12.1 Å². The summed E-state index contributed by atoms with van der Waals surface area (Å²) in [4.78, 5) is 30.7. The molecule has 0 spiro atoms. The molecule has 3 N–H and O–H groups in total. The lowest BCUT2D eigenvalue weighted by atomic mass is 9.93. The third-order valence-corrected chi connectivity index (χ3v) is 7.94. The molecule has 3 aliphatic rings. The van der Waals surface area contributed by atoms with E-state index in [4.69, 9.17) is 9.84 Å². The monoisotopic (exact) mass is 675 g/mol. The molecular weight excluding hydrogens is 632 g/mol. The van der Waals surface area contributed by atoms with Gasteiger partial charge in [0.15, 0.2) is 6.10 Å². The number of morpholine rings is 1. The van der Waals surface area contributed by atoms with Crippen molar-refractivity contribution in [2.45, 2.75) is 76.1 Å². The Balaban J connectivity index is 0.000000204. The molecule has 47 heavy (non-hydrogen) atoms. The van der Waals surface area contributed by atoms with Gasteiger partial charge in [0, 0.05) is 37.4 Å². The quantitative estimate of drug-likeness (QED) is 0.378. The molecule has 1 aromatic heterocycles. The molecule has 2 amide bonds. The topological polar surface area (TPSA) is 107 Å². The number of carbonyl (C=O) groups is 2. The molecule has 1 unspecified atom stereocenters. The second kappa shape index (κ2) is 18.2. The number of ether oxygens (including phenoxy) is 1. The average molecular weight is 676 g/mol. The first kappa shape index (κ1) is 38.0. The van der Waals surface area contributed by atoms with Crippen molar-refractivity contribution >= 4 is 17.5 Å². The van der Waals surface area contributed by atoms with Crippen LogP contribution >= 0.6 is 0 Å². The summed E-state index contributed by atoms with van der Waals surface area (Å²) in [6, 6.07) is 8.24. The van der Waals surface area contributed by atoms with E-state index >= 15 is 0 Å².